The Kier molecular flexibility index (Phi) is 9.18. The van der Waals surface area contributed by atoms with E-state index in [-0.39, 0.29) is 12.1 Å². The van der Waals surface area contributed by atoms with Gasteiger partial charge in [-0.15, -0.1) is 0 Å². The predicted molar refractivity (Wildman–Crippen MR) is 125 cm³/mol. The van der Waals surface area contributed by atoms with E-state index in [0.717, 1.165) is 45.0 Å². The second-order valence-corrected chi connectivity index (χ2v) is 8.28. The second-order valence-electron chi connectivity index (χ2n) is 8.28. The number of nitrogens with one attached hydrogen (secondary N) is 1. The van der Waals surface area contributed by atoms with Crippen LogP contribution in [0.4, 0.5) is 4.79 Å². The first kappa shape index (κ1) is 23.1. The minimum atomic E-state index is -0.0191. The zero-order valence-corrected chi connectivity index (χ0v) is 18.9. The molecule has 2 amide bonds. The fourth-order valence-corrected chi connectivity index (χ4v) is 3.81. The zero-order chi connectivity index (χ0) is 21.9. The normalized spacial score (nSPS) is 15.1. The second kappa shape index (κ2) is 12.3. The van der Waals surface area contributed by atoms with Gasteiger partial charge >= 0.3 is 6.03 Å². The SMILES string of the molecule is CC(C)N(CCOc1ccccc1)C(=O)NCCN1CCN(Cc2ccccc2)CC1. The molecule has 0 aromatic heterocycles. The van der Waals surface area contributed by atoms with E-state index in [2.05, 4.69) is 45.4 Å². The van der Waals surface area contributed by atoms with Crippen molar-refractivity contribution < 1.29 is 9.53 Å². The molecule has 31 heavy (non-hydrogen) atoms. The molecule has 1 saturated heterocycles. The van der Waals surface area contributed by atoms with Crippen molar-refractivity contribution in [2.24, 2.45) is 0 Å². The summed E-state index contributed by atoms with van der Waals surface area (Å²) in [5.41, 5.74) is 1.37. The number of ether oxygens (including phenoxy) is 1. The molecule has 0 aliphatic carbocycles. The highest BCUT2D eigenvalue weighted by Gasteiger charge is 2.19. The van der Waals surface area contributed by atoms with E-state index in [1.54, 1.807) is 0 Å². The third-order valence-corrected chi connectivity index (χ3v) is 5.65. The maximum absolute atomic E-state index is 12.7. The largest absolute Gasteiger partial charge is 0.492 e. The molecule has 1 fully saturated rings. The summed E-state index contributed by atoms with van der Waals surface area (Å²) in [6, 6.07) is 20.5. The van der Waals surface area contributed by atoms with Gasteiger partial charge in [0.05, 0.1) is 6.54 Å². The van der Waals surface area contributed by atoms with Gasteiger partial charge in [0.2, 0.25) is 0 Å². The lowest BCUT2D eigenvalue weighted by Crippen LogP contribution is -2.50. The summed E-state index contributed by atoms with van der Waals surface area (Å²) >= 11 is 0. The molecular weight excluding hydrogens is 388 g/mol. The topological polar surface area (TPSA) is 48.1 Å². The molecule has 0 spiro atoms. The van der Waals surface area contributed by atoms with Crippen molar-refractivity contribution >= 4 is 6.03 Å². The van der Waals surface area contributed by atoms with Gasteiger partial charge in [-0.25, -0.2) is 4.79 Å². The maximum Gasteiger partial charge on any atom is 0.317 e. The number of carbonyl (C=O) groups excluding carboxylic acids is 1. The Labute approximate surface area is 186 Å². The Morgan fingerprint density at radius 3 is 2.23 bits per heavy atom. The first-order valence-electron chi connectivity index (χ1n) is 11.3. The van der Waals surface area contributed by atoms with Gasteiger partial charge in [-0.3, -0.25) is 9.80 Å². The van der Waals surface area contributed by atoms with Gasteiger partial charge in [0, 0.05) is 51.9 Å². The van der Waals surface area contributed by atoms with Crippen LogP contribution in [0.5, 0.6) is 5.75 Å². The molecule has 1 aliphatic heterocycles. The molecule has 6 nitrogen and oxygen atoms in total. The Hall–Kier alpha value is -2.57. The summed E-state index contributed by atoms with van der Waals surface area (Å²) in [5, 5.41) is 3.09. The molecule has 0 saturated carbocycles. The van der Waals surface area contributed by atoms with Crippen LogP contribution in [0.25, 0.3) is 0 Å². The molecule has 0 atom stereocenters. The average Bonchev–Trinajstić information content (AvgIpc) is 2.79. The van der Waals surface area contributed by atoms with Crippen molar-refractivity contribution in [1.29, 1.82) is 0 Å². The van der Waals surface area contributed by atoms with Crippen LogP contribution in [0.3, 0.4) is 0 Å². The molecule has 2 aromatic carbocycles. The maximum atomic E-state index is 12.7. The van der Waals surface area contributed by atoms with E-state index in [4.69, 9.17) is 4.74 Å². The summed E-state index contributed by atoms with van der Waals surface area (Å²) in [5.74, 6) is 0.832. The van der Waals surface area contributed by atoms with Crippen LogP contribution in [0.2, 0.25) is 0 Å². The Morgan fingerprint density at radius 2 is 1.58 bits per heavy atom. The minimum absolute atomic E-state index is 0.0191. The van der Waals surface area contributed by atoms with E-state index in [1.807, 2.05) is 49.1 Å². The number of carbonyl (C=O) groups is 1. The van der Waals surface area contributed by atoms with Crippen molar-refractivity contribution in [3.63, 3.8) is 0 Å². The monoisotopic (exact) mass is 424 g/mol. The number of rotatable bonds is 10. The number of hydrogen-bond acceptors (Lipinski definition) is 4. The van der Waals surface area contributed by atoms with Crippen LogP contribution in [0.15, 0.2) is 60.7 Å². The molecule has 0 bridgehead atoms. The Balaban J connectivity index is 1.32. The van der Waals surface area contributed by atoms with Crippen molar-refractivity contribution in [3.8, 4) is 5.75 Å². The van der Waals surface area contributed by atoms with Gasteiger partial charge in [0.15, 0.2) is 0 Å². The van der Waals surface area contributed by atoms with Gasteiger partial charge in [0.25, 0.3) is 0 Å². The summed E-state index contributed by atoms with van der Waals surface area (Å²) in [6.07, 6.45) is 0. The van der Waals surface area contributed by atoms with Gasteiger partial charge < -0.3 is 15.0 Å². The summed E-state index contributed by atoms with van der Waals surface area (Å²) in [7, 11) is 0. The molecule has 0 radical (unpaired) electrons. The lowest BCUT2D eigenvalue weighted by atomic mass is 10.2. The predicted octanol–water partition coefficient (Wildman–Crippen LogP) is 3.30. The van der Waals surface area contributed by atoms with Gasteiger partial charge in [-0.05, 0) is 31.5 Å². The molecule has 3 rings (SSSR count). The molecular formula is C25H36N4O2. The van der Waals surface area contributed by atoms with E-state index in [0.29, 0.717) is 19.7 Å². The third kappa shape index (κ3) is 7.89. The highest BCUT2D eigenvalue weighted by atomic mass is 16.5. The van der Waals surface area contributed by atoms with Crippen molar-refractivity contribution in [3.05, 3.63) is 66.2 Å². The lowest BCUT2D eigenvalue weighted by Gasteiger charge is -2.35. The molecule has 2 aromatic rings. The standard InChI is InChI=1S/C25H36N4O2/c1-22(2)29(19-20-31-24-11-7-4-8-12-24)25(30)26-13-14-27-15-17-28(18-16-27)21-23-9-5-3-6-10-23/h3-12,22H,13-21H2,1-2H3,(H,26,30). The van der Waals surface area contributed by atoms with Gasteiger partial charge in [-0.2, -0.15) is 0 Å². The van der Waals surface area contributed by atoms with Crippen molar-refractivity contribution in [2.45, 2.75) is 26.4 Å². The van der Waals surface area contributed by atoms with Gasteiger partial charge in [0.1, 0.15) is 12.4 Å². The highest BCUT2D eigenvalue weighted by molar-refractivity contribution is 5.74. The van der Waals surface area contributed by atoms with Crippen LogP contribution in [-0.4, -0.2) is 79.2 Å². The average molecular weight is 425 g/mol. The van der Waals surface area contributed by atoms with Crippen LogP contribution in [-0.2, 0) is 6.54 Å². The van der Waals surface area contributed by atoms with Crippen LogP contribution in [0, 0.1) is 0 Å². The summed E-state index contributed by atoms with van der Waals surface area (Å²) in [4.78, 5) is 19.4. The fraction of sp³-hybridized carbons (Fsp3) is 0.480. The molecule has 168 valence electrons. The first-order valence-corrected chi connectivity index (χ1v) is 11.3. The lowest BCUT2D eigenvalue weighted by molar-refractivity contribution is 0.126. The van der Waals surface area contributed by atoms with E-state index in [9.17, 15) is 4.79 Å². The number of urea groups is 1. The molecule has 6 heteroatoms. The Morgan fingerprint density at radius 1 is 0.968 bits per heavy atom. The first-order chi connectivity index (χ1) is 15.1. The smallest absolute Gasteiger partial charge is 0.317 e. The Bertz CT molecular complexity index is 762. The highest BCUT2D eigenvalue weighted by Crippen LogP contribution is 2.09. The van der Waals surface area contributed by atoms with E-state index < -0.39 is 0 Å². The van der Waals surface area contributed by atoms with Crippen LogP contribution in [0.1, 0.15) is 19.4 Å². The van der Waals surface area contributed by atoms with Crippen LogP contribution < -0.4 is 10.1 Å². The zero-order valence-electron chi connectivity index (χ0n) is 18.9. The van der Waals surface area contributed by atoms with Crippen molar-refractivity contribution in [1.82, 2.24) is 20.0 Å². The molecule has 0 unspecified atom stereocenters. The van der Waals surface area contributed by atoms with E-state index in [1.165, 1.54) is 5.56 Å². The minimum Gasteiger partial charge on any atom is -0.492 e. The van der Waals surface area contributed by atoms with E-state index >= 15 is 0 Å². The molecule has 1 heterocycles. The number of nitrogens with zero attached hydrogens (tertiary/aromatic N) is 3. The summed E-state index contributed by atoms with van der Waals surface area (Å²) < 4.78 is 5.75. The summed E-state index contributed by atoms with van der Waals surface area (Å²) in [6.45, 7) is 11.9. The van der Waals surface area contributed by atoms with Crippen LogP contribution >= 0.6 is 0 Å². The third-order valence-electron chi connectivity index (χ3n) is 5.65. The number of piperazine rings is 1. The van der Waals surface area contributed by atoms with Crippen molar-refractivity contribution in [2.75, 3.05) is 52.4 Å². The van der Waals surface area contributed by atoms with Gasteiger partial charge in [-0.1, -0.05) is 48.5 Å². The fourth-order valence-electron chi connectivity index (χ4n) is 3.81. The number of hydrogen-bond donors (Lipinski definition) is 1. The number of para-hydroxylation sites is 1. The quantitative estimate of drug-likeness (QED) is 0.636. The molecule has 1 N–H and O–H groups in total. The number of benzene rings is 2. The number of amides is 2. The molecule has 1 aliphatic rings.